The number of rotatable bonds is 6. The first-order valence-electron chi connectivity index (χ1n) is 14.2. The summed E-state index contributed by atoms with van der Waals surface area (Å²) in [6.45, 7) is 3.46. The number of halogens is 1. The first-order chi connectivity index (χ1) is 19.4. The number of aliphatic imine (C=N–C) groups is 1. The molecule has 0 radical (unpaired) electrons. The van der Waals surface area contributed by atoms with Gasteiger partial charge in [-0.25, -0.2) is 14.2 Å². The monoisotopic (exact) mass is 586 g/mol. The second-order valence-electron chi connectivity index (χ2n) is 12.5. The Morgan fingerprint density at radius 2 is 2.05 bits per heavy atom. The minimum Gasteiger partial charge on any atom is -0.448 e. The molecule has 0 saturated heterocycles. The van der Waals surface area contributed by atoms with E-state index >= 15 is 0 Å². The summed E-state index contributed by atoms with van der Waals surface area (Å²) < 4.78 is 24.8. The molecule has 10 heteroatoms. The Bertz CT molecular complexity index is 1350. The highest BCUT2D eigenvalue weighted by Crippen LogP contribution is 2.68. The first kappa shape index (κ1) is 29.9. The van der Waals surface area contributed by atoms with E-state index in [1.807, 2.05) is 13.0 Å². The van der Waals surface area contributed by atoms with Crippen molar-refractivity contribution in [1.29, 1.82) is 0 Å². The number of benzene rings is 1. The molecule has 4 aliphatic rings. The Kier molecular flexibility index (Phi) is 8.00. The molecule has 3 fully saturated rings. The van der Waals surface area contributed by atoms with Crippen LogP contribution in [0.1, 0.15) is 57.9 Å². The number of methoxy groups -OCH3 is 1. The lowest BCUT2D eigenvalue weighted by molar-refractivity contribution is -0.198. The van der Waals surface area contributed by atoms with Crippen molar-refractivity contribution >= 4 is 35.1 Å². The van der Waals surface area contributed by atoms with Gasteiger partial charge >= 0.3 is 5.97 Å². The van der Waals surface area contributed by atoms with Crippen molar-refractivity contribution in [2.45, 2.75) is 70.7 Å². The zero-order chi connectivity index (χ0) is 29.7. The molecule has 222 valence electrons. The van der Waals surface area contributed by atoms with E-state index in [0.29, 0.717) is 37.1 Å². The molecule has 7 unspecified atom stereocenters. The van der Waals surface area contributed by atoms with Crippen molar-refractivity contribution in [2.24, 2.45) is 39.3 Å². The van der Waals surface area contributed by atoms with Gasteiger partial charge in [0.05, 0.1) is 24.1 Å². The lowest BCUT2D eigenvalue weighted by Gasteiger charge is -2.60. The second-order valence-corrected chi connectivity index (χ2v) is 12.9. The van der Waals surface area contributed by atoms with Crippen LogP contribution in [0.3, 0.4) is 0 Å². The highest BCUT2D eigenvalue weighted by Gasteiger charge is 2.70. The van der Waals surface area contributed by atoms with E-state index in [2.05, 4.69) is 19.6 Å². The van der Waals surface area contributed by atoms with Crippen LogP contribution in [-0.4, -0.2) is 52.4 Å². The molecule has 0 spiro atoms. The number of nitrogens with zero attached hydrogens (tertiary/aromatic N) is 1. The van der Waals surface area contributed by atoms with E-state index in [1.165, 1.54) is 24.8 Å². The molecule has 4 aliphatic carbocycles. The number of aliphatic hydroxyl groups is 2. The Morgan fingerprint density at radius 3 is 2.71 bits per heavy atom. The van der Waals surface area contributed by atoms with Crippen molar-refractivity contribution in [3.63, 3.8) is 0 Å². The van der Waals surface area contributed by atoms with Crippen LogP contribution < -0.4 is 5.73 Å². The van der Waals surface area contributed by atoms with Gasteiger partial charge < -0.3 is 25.4 Å². The lowest BCUT2D eigenvalue weighted by atomic mass is 9.45. The molecule has 5 rings (SSSR count). The summed E-state index contributed by atoms with van der Waals surface area (Å²) in [5.74, 6) is -1.04. The maximum Gasteiger partial charge on any atom is 0.333 e. The van der Waals surface area contributed by atoms with E-state index < -0.39 is 46.0 Å². The molecule has 1 aromatic carbocycles. The number of ether oxygens (including phenoxy) is 2. The third-order valence-electron chi connectivity index (χ3n) is 10.5. The zero-order valence-electron chi connectivity index (χ0n) is 23.7. The Labute approximate surface area is 245 Å². The zero-order valence-corrected chi connectivity index (χ0v) is 24.6. The summed E-state index contributed by atoms with van der Waals surface area (Å²) in [6.07, 6.45) is 6.37. The van der Waals surface area contributed by atoms with Crippen molar-refractivity contribution in [3.8, 4) is 0 Å². The van der Waals surface area contributed by atoms with E-state index in [4.69, 9.17) is 20.2 Å². The predicted molar refractivity (Wildman–Crippen MR) is 155 cm³/mol. The fourth-order valence-corrected chi connectivity index (χ4v) is 9.13. The molecular formula is C31H39FN2O6S. The molecule has 0 amide bonds. The quantitative estimate of drug-likeness (QED) is 0.291. The number of carbonyl (C=O) groups is 2. The van der Waals surface area contributed by atoms with Gasteiger partial charge in [0.15, 0.2) is 5.60 Å². The largest absolute Gasteiger partial charge is 0.448 e. The minimum absolute atomic E-state index is 0.0530. The molecule has 0 aliphatic heterocycles. The van der Waals surface area contributed by atoms with Gasteiger partial charge in [0.1, 0.15) is 12.4 Å². The summed E-state index contributed by atoms with van der Waals surface area (Å²) in [7, 11) is 1.40. The van der Waals surface area contributed by atoms with E-state index in [0.717, 1.165) is 18.4 Å². The number of carbonyl (C=O) groups excluding carboxylic acids is 2. The van der Waals surface area contributed by atoms with Crippen LogP contribution in [0.2, 0.25) is 0 Å². The summed E-state index contributed by atoms with van der Waals surface area (Å²) in [6, 6.07) is 4.39. The van der Waals surface area contributed by atoms with E-state index in [1.54, 1.807) is 12.3 Å². The van der Waals surface area contributed by atoms with Crippen LogP contribution in [0.5, 0.6) is 0 Å². The number of nitrogens with two attached hydrogens (primary N) is 1. The number of aliphatic hydroxyl groups excluding tert-OH is 2. The van der Waals surface area contributed by atoms with E-state index in [-0.39, 0.29) is 29.9 Å². The number of hydrogen-bond donors (Lipinski definition) is 4. The molecule has 0 aromatic heterocycles. The number of fused-ring (bicyclic) bond motifs is 5. The van der Waals surface area contributed by atoms with Crippen LogP contribution in [0.4, 0.5) is 10.1 Å². The molecule has 3 saturated carbocycles. The lowest BCUT2D eigenvalue weighted by Crippen LogP contribution is -2.62. The highest BCUT2D eigenvalue weighted by molar-refractivity contribution is 7.96. The van der Waals surface area contributed by atoms with Crippen molar-refractivity contribution in [2.75, 3.05) is 13.7 Å². The molecule has 0 heterocycles. The summed E-state index contributed by atoms with van der Waals surface area (Å²) in [5, 5.41) is 20.8. The van der Waals surface area contributed by atoms with Gasteiger partial charge in [0.2, 0.25) is 5.12 Å². The molecular weight excluding hydrogens is 547 g/mol. The van der Waals surface area contributed by atoms with Crippen LogP contribution in [0.15, 0.2) is 46.6 Å². The van der Waals surface area contributed by atoms with Gasteiger partial charge in [-0.1, -0.05) is 19.4 Å². The van der Waals surface area contributed by atoms with Crippen molar-refractivity contribution < 1.29 is 33.7 Å². The summed E-state index contributed by atoms with van der Waals surface area (Å²) in [5.41, 5.74) is 6.92. The van der Waals surface area contributed by atoms with Crippen molar-refractivity contribution in [1.82, 2.24) is 0 Å². The first-order valence-corrected chi connectivity index (χ1v) is 14.6. The number of esters is 1. The minimum atomic E-state index is -1.42. The molecule has 41 heavy (non-hydrogen) atoms. The second kappa shape index (κ2) is 10.9. The van der Waals surface area contributed by atoms with Crippen LogP contribution >= 0.6 is 12.6 Å². The Hall–Kier alpha value is -2.53. The van der Waals surface area contributed by atoms with Crippen LogP contribution in [-0.2, 0) is 25.7 Å². The smallest absolute Gasteiger partial charge is 0.333 e. The van der Waals surface area contributed by atoms with Gasteiger partial charge in [-0.2, -0.15) is 0 Å². The van der Waals surface area contributed by atoms with Crippen LogP contribution in [0.25, 0.3) is 0 Å². The van der Waals surface area contributed by atoms with Crippen LogP contribution in [0, 0.1) is 34.4 Å². The summed E-state index contributed by atoms with van der Waals surface area (Å²) in [4.78, 5) is 30.3. The van der Waals surface area contributed by atoms with Gasteiger partial charge in [0.25, 0.3) is 0 Å². The van der Waals surface area contributed by atoms with Gasteiger partial charge in [-0.05, 0) is 97.7 Å². The molecule has 0 bridgehead atoms. The fraction of sp³-hybridized carbons (Fsp3) is 0.581. The number of thiol groups is 1. The summed E-state index contributed by atoms with van der Waals surface area (Å²) >= 11 is 4.21. The molecule has 1 aromatic rings. The third-order valence-corrected chi connectivity index (χ3v) is 10.9. The van der Waals surface area contributed by atoms with Crippen molar-refractivity contribution in [3.05, 3.63) is 53.0 Å². The third kappa shape index (κ3) is 4.67. The average Bonchev–Trinajstić information content (AvgIpc) is 3.21. The predicted octanol–water partition coefficient (Wildman–Crippen LogP) is 4.16. The number of hydrogen-bond acceptors (Lipinski definition) is 8. The molecule has 4 N–H and O–H groups in total. The van der Waals surface area contributed by atoms with Gasteiger partial charge in [0, 0.05) is 18.1 Å². The maximum atomic E-state index is 13.9. The fourth-order valence-electron chi connectivity index (χ4n) is 8.72. The van der Waals surface area contributed by atoms with E-state index in [9.17, 15) is 24.2 Å². The van der Waals surface area contributed by atoms with Gasteiger partial charge in [-0.3, -0.25) is 4.79 Å². The van der Waals surface area contributed by atoms with Gasteiger partial charge in [-0.15, -0.1) is 12.6 Å². The Morgan fingerprint density at radius 1 is 1.29 bits per heavy atom. The topological polar surface area (TPSA) is 131 Å². The Balaban J connectivity index is 1.50. The molecule has 8 nitrogen and oxygen atoms in total. The standard InChI is InChI=1S/C31H39FN2O6S/c1-29-12-18(14-33)24(34-20-5-7-23(32)17(10-20)15-35)11-19(29)4-6-21-22-8-9-31(28(38)41,40-26(37)16-39-3)30(22,2)13-25(36)27(21)29/h5,7,10-11,14,21-22,25,27,35-36H,4,6,8-9,12-13,15-16,33H2,1-3H3,(H,38,41). The maximum absolute atomic E-state index is 13.9. The SMILES string of the molecule is COCC(=O)OC1(C(=O)S)CCC2C3CCC4=CC(=Nc5ccc(F)c(CO)c5)C(=CN)CC4(C)C3C(O)CC21C. The average molecular weight is 587 g/mol. The molecule has 7 atom stereocenters. The normalized spacial score (nSPS) is 38.2. The highest BCUT2D eigenvalue weighted by atomic mass is 32.1. The number of allylic oxidation sites excluding steroid dienone is 3.